The second-order valence-electron chi connectivity index (χ2n) is 9.12. The van der Waals surface area contributed by atoms with Gasteiger partial charge in [0, 0.05) is 30.9 Å². The minimum Gasteiger partial charge on any atom is -0.457 e. The largest absolute Gasteiger partial charge is 0.457 e. The molecular weight excluding hydrogens is 398 g/mol. The summed E-state index contributed by atoms with van der Waals surface area (Å²) in [7, 11) is 0. The van der Waals surface area contributed by atoms with Crippen molar-refractivity contribution >= 4 is 5.91 Å². The van der Waals surface area contributed by atoms with Crippen molar-refractivity contribution in [2.75, 3.05) is 19.6 Å². The third-order valence-electron chi connectivity index (χ3n) is 7.46. The van der Waals surface area contributed by atoms with Crippen molar-refractivity contribution in [3.63, 3.8) is 0 Å². The number of rotatable bonds is 4. The van der Waals surface area contributed by atoms with E-state index >= 15 is 0 Å². The predicted octanol–water partition coefficient (Wildman–Crippen LogP) is 4.58. The molecule has 2 aromatic carbocycles. The molecule has 0 N–H and O–H groups in total. The molecule has 3 atom stereocenters. The Morgan fingerprint density at radius 3 is 2.47 bits per heavy atom. The summed E-state index contributed by atoms with van der Waals surface area (Å²) in [6.07, 6.45) is 6.15. The lowest BCUT2D eigenvalue weighted by molar-refractivity contribution is -0.00348. The van der Waals surface area contributed by atoms with Gasteiger partial charge in [0.1, 0.15) is 11.5 Å². The molecule has 5 heteroatoms. The molecular formula is C27H27N3O2. The van der Waals surface area contributed by atoms with E-state index in [1.165, 1.54) is 18.4 Å². The van der Waals surface area contributed by atoms with E-state index in [-0.39, 0.29) is 11.9 Å². The summed E-state index contributed by atoms with van der Waals surface area (Å²) in [5.74, 6) is 2.29. The zero-order valence-electron chi connectivity index (χ0n) is 18.0. The third-order valence-corrected chi connectivity index (χ3v) is 7.46. The molecule has 5 heterocycles. The Bertz CT molecular complexity index is 1100. The minimum absolute atomic E-state index is 0.0756. The number of para-hydroxylation sites is 2. The van der Waals surface area contributed by atoms with E-state index in [1.807, 2.05) is 73.1 Å². The Balaban J connectivity index is 1.35. The normalized spacial score (nSPS) is 28.4. The number of nitrogens with zero attached hydrogens (tertiary/aromatic N) is 3. The number of piperidine rings is 3. The van der Waals surface area contributed by atoms with E-state index in [0.29, 0.717) is 29.2 Å². The van der Waals surface area contributed by atoms with E-state index in [1.54, 1.807) is 0 Å². The lowest BCUT2D eigenvalue weighted by Gasteiger charge is -2.51. The Morgan fingerprint density at radius 1 is 0.906 bits per heavy atom. The maximum absolute atomic E-state index is 14.0. The maximum Gasteiger partial charge on any atom is 0.257 e. The monoisotopic (exact) mass is 425 g/mol. The summed E-state index contributed by atoms with van der Waals surface area (Å²) < 4.78 is 6.13. The van der Waals surface area contributed by atoms with Gasteiger partial charge in [0.15, 0.2) is 0 Å². The zero-order chi connectivity index (χ0) is 21.5. The van der Waals surface area contributed by atoms with Crippen LogP contribution in [0.2, 0.25) is 0 Å². The standard InChI is InChI=1S/C27H27N3O2/c31-27(22-10-4-5-11-24(22)32-21-8-2-1-3-9-21)30-18-23(20-7-6-14-28-17-20)26-25(30)19-12-15-29(26)16-13-19/h1-11,14,17,19,23,25-26H,12-13,15-16,18H2. The molecule has 4 aliphatic rings. The fourth-order valence-corrected chi connectivity index (χ4v) is 6.05. The Kier molecular flexibility index (Phi) is 4.91. The second kappa shape index (κ2) is 8.06. The average Bonchev–Trinajstić information content (AvgIpc) is 3.29. The first kappa shape index (κ1) is 19.5. The number of ether oxygens (including phenoxy) is 1. The highest BCUT2D eigenvalue weighted by Crippen LogP contribution is 2.47. The number of likely N-dealkylation sites (tertiary alicyclic amines) is 1. The van der Waals surface area contributed by atoms with Gasteiger partial charge in [-0.25, -0.2) is 0 Å². The molecule has 4 aliphatic heterocycles. The van der Waals surface area contributed by atoms with E-state index in [0.717, 1.165) is 25.4 Å². The van der Waals surface area contributed by atoms with Gasteiger partial charge in [0.05, 0.1) is 11.6 Å². The fourth-order valence-electron chi connectivity index (χ4n) is 6.05. The summed E-state index contributed by atoms with van der Waals surface area (Å²) >= 11 is 0. The summed E-state index contributed by atoms with van der Waals surface area (Å²) in [5, 5.41) is 0. The molecule has 4 saturated heterocycles. The van der Waals surface area contributed by atoms with E-state index in [4.69, 9.17) is 4.74 Å². The van der Waals surface area contributed by atoms with Crippen molar-refractivity contribution < 1.29 is 9.53 Å². The van der Waals surface area contributed by atoms with Crippen molar-refractivity contribution in [2.45, 2.75) is 30.8 Å². The molecule has 0 spiro atoms. The number of fused-ring (bicyclic) bond motifs is 2. The molecule has 7 rings (SSSR count). The lowest BCUT2D eigenvalue weighted by Crippen LogP contribution is -2.60. The zero-order valence-corrected chi connectivity index (χ0v) is 18.0. The highest BCUT2D eigenvalue weighted by molar-refractivity contribution is 5.97. The number of carbonyl (C=O) groups excluding carboxylic acids is 1. The van der Waals surface area contributed by atoms with Gasteiger partial charge < -0.3 is 9.64 Å². The first-order chi connectivity index (χ1) is 15.8. The van der Waals surface area contributed by atoms with Crippen LogP contribution in [0.5, 0.6) is 11.5 Å². The van der Waals surface area contributed by atoms with Gasteiger partial charge in [-0.05, 0) is 67.7 Å². The number of aromatic nitrogens is 1. The molecule has 3 aromatic rings. The molecule has 2 bridgehead atoms. The van der Waals surface area contributed by atoms with Crippen LogP contribution in [-0.2, 0) is 0 Å². The summed E-state index contributed by atoms with van der Waals surface area (Å²) in [6, 6.07) is 22.1. The summed E-state index contributed by atoms with van der Waals surface area (Å²) in [4.78, 5) is 23.1. The molecule has 4 fully saturated rings. The van der Waals surface area contributed by atoms with Gasteiger partial charge >= 0.3 is 0 Å². The highest BCUT2D eigenvalue weighted by atomic mass is 16.5. The molecule has 0 aliphatic carbocycles. The number of carbonyl (C=O) groups is 1. The molecule has 0 radical (unpaired) electrons. The Hall–Kier alpha value is -3.18. The van der Waals surface area contributed by atoms with Gasteiger partial charge in [0.25, 0.3) is 5.91 Å². The number of amides is 1. The quantitative estimate of drug-likeness (QED) is 0.614. The van der Waals surface area contributed by atoms with E-state index in [2.05, 4.69) is 20.9 Å². The van der Waals surface area contributed by atoms with Crippen LogP contribution >= 0.6 is 0 Å². The number of pyridine rings is 1. The van der Waals surface area contributed by atoms with Crippen LogP contribution in [0.4, 0.5) is 0 Å². The fraction of sp³-hybridized carbons (Fsp3) is 0.333. The van der Waals surface area contributed by atoms with Crippen molar-refractivity contribution in [3.8, 4) is 11.5 Å². The third kappa shape index (κ3) is 3.28. The molecule has 1 aromatic heterocycles. The summed E-state index contributed by atoms with van der Waals surface area (Å²) in [5.41, 5.74) is 1.87. The second-order valence-corrected chi connectivity index (χ2v) is 9.12. The SMILES string of the molecule is O=C(c1ccccc1Oc1ccccc1)N1CC(c2cccnc2)C2C1C1CCN2CC1. The lowest BCUT2D eigenvalue weighted by atomic mass is 9.75. The van der Waals surface area contributed by atoms with E-state index in [9.17, 15) is 4.79 Å². The van der Waals surface area contributed by atoms with Crippen LogP contribution in [0.25, 0.3) is 0 Å². The van der Waals surface area contributed by atoms with Gasteiger partial charge in [-0.3, -0.25) is 14.7 Å². The van der Waals surface area contributed by atoms with Crippen LogP contribution in [0.1, 0.15) is 34.7 Å². The topological polar surface area (TPSA) is 45.7 Å². The van der Waals surface area contributed by atoms with Crippen molar-refractivity contribution in [1.29, 1.82) is 0 Å². The van der Waals surface area contributed by atoms with Gasteiger partial charge in [0.2, 0.25) is 0 Å². The van der Waals surface area contributed by atoms with Crippen LogP contribution in [0.15, 0.2) is 79.1 Å². The van der Waals surface area contributed by atoms with Gasteiger partial charge in [-0.1, -0.05) is 36.4 Å². The highest BCUT2D eigenvalue weighted by Gasteiger charge is 2.54. The number of benzene rings is 2. The maximum atomic E-state index is 14.0. The van der Waals surface area contributed by atoms with Crippen molar-refractivity contribution in [2.24, 2.45) is 5.92 Å². The summed E-state index contributed by atoms with van der Waals surface area (Å²) in [6.45, 7) is 3.00. The van der Waals surface area contributed by atoms with Crippen LogP contribution in [0.3, 0.4) is 0 Å². The molecule has 32 heavy (non-hydrogen) atoms. The predicted molar refractivity (Wildman–Crippen MR) is 123 cm³/mol. The van der Waals surface area contributed by atoms with E-state index < -0.39 is 0 Å². The molecule has 162 valence electrons. The molecule has 3 unspecified atom stereocenters. The van der Waals surface area contributed by atoms with Crippen LogP contribution in [0, 0.1) is 5.92 Å². The van der Waals surface area contributed by atoms with Crippen molar-refractivity contribution in [3.05, 3.63) is 90.3 Å². The van der Waals surface area contributed by atoms with Crippen LogP contribution in [-0.4, -0.2) is 52.4 Å². The van der Waals surface area contributed by atoms with Gasteiger partial charge in [-0.15, -0.1) is 0 Å². The number of hydrogen-bond donors (Lipinski definition) is 0. The Labute approximate surface area is 188 Å². The Morgan fingerprint density at radius 2 is 1.69 bits per heavy atom. The smallest absolute Gasteiger partial charge is 0.257 e. The first-order valence-corrected chi connectivity index (χ1v) is 11.6. The molecule has 0 saturated carbocycles. The molecule has 1 amide bonds. The van der Waals surface area contributed by atoms with Gasteiger partial charge in [-0.2, -0.15) is 0 Å². The molecule has 5 nitrogen and oxygen atoms in total. The van der Waals surface area contributed by atoms with Crippen LogP contribution < -0.4 is 4.74 Å². The minimum atomic E-state index is 0.0756. The van der Waals surface area contributed by atoms with Crippen molar-refractivity contribution in [1.82, 2.24) is 14.8 Å². The average molecular weight is 426 g/mol. The first-order valence-electron chi connectivity index (χ1n) is 11.6. The number of hydrogen-bond acceptors (Lipinski definition) is 4.